The fraction of sp³-hybridized carbons (Fsp3) is 0.273. The minimum Gasteiger partial charge on any atom is -0.310 e. The summed E-state index contributed by atoms with van der Waals surface area (Å²) in [5, 5.41) is 6.88. The Balaban J connectivity index is 2.40. The Morgan fingerprint density at radius 1 is 1.22 bits per heavy atom. The molecule has 0 amide bonds. The van der Waals surface area contributed by atoms with Crippen LogP contribution in [-0.4, -0.2) is 21.3 Å². The first-order chi connectivity index (χ1) is 8.63. The third-order valence-electron chi connectivity index (χ3n) is 2.36. The number of hydrogen-bond donors (Lipinski definition) is 1. The molecule has 0 aliphatic rings. The number of halogens is 3. The highest BCUT2D eigenvalue weighted by Crippen LogP contribution is 2.17. The van der Waals surface area contributed by atoms with Gasteiger partial charge in [0, 0.05) is 12.1 Å². The molecule has 1 N–H and O–H groups in total. The monoisotopic (exact) mass is 256 g/mol. The van der Waals surface area contributed by atoms with Crippen LogP contribution in [0.3, 0.4) is 0 Å². The lowest BCUT2D eigenvalue weighted by Gasteiger charge is -2.07. The molecular weight excluding hydrogens is 245 g/mol. The van der Waals surface area contributed by atoms with Crippen LogP contribution >= 0.6 is 0 Å². The van der Waals surface area contributed by atoms with Gasteiger partial charge >= 0.3 is 0 Å². The maximum atomic E-state index is 13.1. The molecule has 4 nitrogen and oxygen atoms in total. The van der Waals surface area contributed by atoms with E-state index in [0.717, 1.165) is 18.7 Å². The highest BCUT2D eigenvalue weighted by atomic mass is 19.2. The van der Waals surface area contributed by atoms with Crippen molar-refractivity contribution in [1.82, 2.24) is 20.1 Å². The van der Waals surface area contributed by atoms with E-state index in [-0.39, 0.29) is 5.69 Å². The highest BCUT2D eigenvalue weighted by molar-refractivity contribution is 5.33. The van der Waals surface area contributed by atoms with E-state index >= 15 is 0 Å². The molecule has 2 rings (SSSR count). The van der Waals surface area contributed by atoms with E-state index in [4.69, 9.17) is 0 Å². The molecule has 1 aromatic carbocycles. The zero-order valence-electron chi connectivity index (χ0n) is 9.62. The van der Waals surface area contributed by atoms with Crippen molar-refractivity contribution in [2.24, 2.45) is 0 Å². The van der Waals surface area contributed by atoms with Crippen molar-refractivity contribution in [3.8, 4) is 5.69 Å². The number of rotatable bonds is 4. The standard InChI is InChI=1S/C11H11F3N4/c1-2-15-5-10-16-6-17-18(10)7-3-8(12)11(14)9(13)4-7/h3-4,6,15H,2,5H2,1H3. The minimum absolute atomic E-state index is 0.0943. The third kappa shape index (κ3) is 2.35. The van der Waals surface area contributed by atoms with Crippen LogP contribution in [0.5, 0.6) is 0 Å². The maximum absolute atomic E-state index is 13.1. The van der Waals surface area contributed by atoms with Crippen LogP contribution in [0.2, 0.25) is 0 Å². The Hall–Kier alpha value is -1.89. The van der Waals surface area contributed by atoms with E-state index in [0.29, 0.717) is 12.4 Å². The van der Waals surface area contributed by atoms with Crippen molar-refractivity contribution in [1.29, 1.82) is 0 Å². The summed E-state index contributed by atoms with van der Waals surface area (Å²) >= 11 is 0. The molecule has 0 saturated carbocycles. The lowest BCUT2D eigenvalue weighted by atomic mass is 10.3. The van der Waals surface area contributed by atoms with Gasteiger partial charge in [0.15, 0.2) is 17.5 Å². The molecule has 7 heteroatoms. The van der Waals surface area contributed by atoms with Gasteiger partial charge in [0.1, 0.15) is 12.2 Å². The predicted octanol–water partition coefficient (Wildman–Crippen LogP) is 1.79. The molecule has 18 heavy (non-hydrogen) atoms. The first-order valence-corrected chi connectivity index (χ1v) is 5.38. The summed E-state index contributed by atoms with van der Waals surface area (Å²) in [7, 11) is 0. The Kier molecular flexibility index (Phi) is 3.61. The van der Waals surface area contributed by atoms with Gasteiger partial charge in [-0.05, 0) is 6.54 Å². The fourth-order valence-electron chi connectivity index (χ4n) is 1.50. The molecule has 0 spiro atoms. The summed E-state index contributed by atoms with van der Waals surface area (Å²) in [5.41, 5.74) is 0.0943. The van der Waals surface area contributed by atoms with E-state index < -0.39 is 17.5 Å². The second kappa shape index (κ2) is 5.18. The number of aromatic nitrogens is 3. The fourth-order valence-corrected chi connectivity index (χ4v) is 1.50. The molecule has 1 heterocycles. The van der Waals surface area contributed by atoms with E-state index in [2.05, 4.69) is 15.4 Å². The van der Waals surface area contributed by atoms with Crippen molar-refractivity contribution >= 4 is 0 Å². The van der Waals surface area contributed by atoms with Crippen molar-refractivity contribution in [2.45, 2.75) is 13.5 Å². The Bertz CT molecular complexity index is 530. The van der Waals surface area contributed by atoms with Crippen LogP contribution in [0.4, 0.5) is 13.2 Å². The Labute approximate surface area is 101 Å². The van der Waals surface area contributed by atoms with Gasteiger partial charge in [0.25, 0.3) is 0 Å². The lowest BCUT2D eigenvalue weighted by Crippen LogP contribution is -2.16. The topological polar surface area (TPSA) is 42.7 Å². The SMILES string of the molecule is CCNCc1ncnn1-c1cc(F)c(F)c(F)c1. The largest absolute Gasteiger partial charge is 0.310 e. The summed E-state index contributed by atoms with van der Waals surface area (Å²) in [6, 6.07) is 1.76. The van der Waals surface area contributed by atoms with Gasteiger partial charge in [-0.15, -0.1) is 0 Å². The Morgan fingerprint density at radius 3 is 2.50 bits per heavy atom. The normalized spacial score (nSPS) is 10.9. The molecule has 2 aromatic rings. The first kappa shape index (κ1) is 12.6. The molecule has 0 unspecified atom stereocenters. The van der Waals surface area contributed by atoms with Gasteiger partial charge in [0.2, 0.25) is 0 Å². The zero-order valence-corrected chi connectivity index (χ0v) is 9.62. The second-order valence-electron chi connectivity index (χ2n) is 3.59. The van der Waals surface area contributed by atoms with Gasteiger partial charge in [-0.1, -0.05) is 6.92 Å². The van der Waals surface area contributed by atoms with Crippen molar-refractivity contribution in [2.75, 3.05) is 6.54 Å². The van der Waals surface area contributed by atoms with Crippen LogP contribution in [0, 0.1) is 17.5 Å². The summed E-state index contributed by atoms with van der Waals surface area (Å²) in [6.45, 7) is 3.04. The first-order valence-electron chi connectivity index (χ1n) is 5.38. The zero-order chi connectivity index (χ0) is 13.1. The molecule has 0 fully saturated rings. The van der Waals surface area contributed by atoms with Crippen LogP contribution in [0.15, 0.2) is 18.5 Å². The number of benzene rings is 1. The molecule has 96 valence electrons. The number of nitrogens with one attached hydrogen (secondary N) is 1. The van der Waals surface area contributed by atoms with Gasteiger partial charge in [-0.25, -0.2) is 22.8 Å². The van der Waals surface area contributed by atoms with Gasteiger partial charge in [0.05, 0.1) is 12.2 Å². The van der Waals surface area contributed by atoms with Crippen LogP contribution < -0.4 is 5.32 Å². The van der Waals surface area contributed by atoms with E-state index in [9.17, 15) is 13.2 Å². The smallest absolute Gasteiger partial charge is 0.194 e. The third-order valence-corrected chi connectivity index (χ3v) is 2.36. The molecule has 0 saturated heterocycles. The second-order valence-corrected chi connectivity index (χ2v) is 3.59. The quantitative estimate of drug-likeness (QED) is 0.848. The predicted molar refractivity (Wildman–Crippen MR) is 58.6 cm³/mol. The van der Waals surface area contributed by atoms with Crippen molar-refractivity contribution in [3.63, 3.8) is 0 Å². The van der Waals surface area contributed by atoms with Gasteiger partial charge in [-0.3, -0.25) is 0 Å². The molecule has 0 aliphatic heterocycles. The van der Waals surface area contributed by atoms with E-state index in [1.807, 2.05) is 6.92 Å². The van der Waals surface area contributed by atoms with Crippen molar-refractivity contribution in [3.05, 3.63) is 41.7 Å². The molecule has 0 atom stereocenters. The molecular formula is C11H11F3N4. The summed E-state index contributed by atoms with van der Waals surface area (Å²) < 4.78 is 40.4. The summed E-state index contributed by atoms with van der Waals surface area (Å²) in [5.74, 6) is -3.51. The lowest BCUT2D eigenvalue weighted by molar-refractivity contribution is 0.445. The maximum Gasteiger partial charge on any atom is 0.194 e. The summed E-state index contributed by atoms with van der Waals surface area (Å²) in [4.78, 5) is 3.96. The number of nitrogens with zero attached hydrogens (tertiary/aromatic N) is 3. The van der Waals surface area contributed by atoms with Crippen LogP contribution in [0.25, 0.3) is 5.69 Å². The Morgan fingerprint density at radius 2 is 1.89 bits per heavy atom. The molecule has 0 aliphatic carbocycles. The number of hydrogen-bond acceptors (Lipinski definition) is 3. The van der Waals surface area contributed by atoms with E-state index in [1.165, 1.54) is 11.0 Å². The minimum atomic E-state index is -1.49. The van der Waals surface area contributed by atoms with E-state index in [1.54, 1.807) is 0 Å². The van der Waals surface area contributed by atoms with Gasteiger partial charge in [-0.2, -0.15) is 5.10 Å². The average Bonchev–Trinajstić information content (AvgIpc) is 2.81. The highest BCUT2D eigenvalue weighted by Gasteiger charge is 2.14. The average molecular weight is 256 g/mol. The van der Waals surface area contributed by atoms with Crippen molar-refractivity contribution < 1.29 is 13.2 Å². The molecule has 1 aromatic heterocycles. The molecule has 0 bridgehead atoms. The molecule has 0 radical (unpaired) electrons. The summed E-state index contributed by atoms with van der Waals surface area (Å²) in [6.07, 6.45) is 1.27. The van der Waals surface area contributed by atoms with Gasteiger partial charge < -0.3 is 5.32 Å². The van der Waals surface area contributed by atoms with Crippen LogP contribution in [-0.2, 0) is 6.54 Å². The van der Waals surface area contributed by atoms with Crippen LogP contribution in [0.1, 0.15) is 12.7 Å².